The fourth-order valence-corrected chi connectivity index (χ4v) is 2.75. The molecule has 2 heteroatoms. The average molecular weight is 294 g/mol. The van der Waals surface area contributed by atoms with Gasteiger partial charge in [0.25, 0.3) is 0 Å². The first-order valence-electron chi connectivity index (χ1n) is 8.24. The fourth-order valence-electron chi connectivity index (χ4n) is 2.52. The number of benzene rings is 1. The lowest BCUT2D eigenvalue weighted by molar-refractivity contribution is 0.272. The largest absolute Gasteiger partial charge is 0.299 e. The van der Waals surface area contributed by atoms with Gasteiger partial charge in [-0.2, -0.15) is 12.6 Å². The summed E-state index contributed by atoms with van der Waals surface area (Å²) >= 11 is 4.25. The van der Waals surface area contributed by atoms with Gasteiger partial charge in [-0.1, -0.05) is 69.4 Å². The van der Waals surface area contributed by atoms with Crippen LogP contribution in [0.3, 0.4) is 0 Å². The third-order valence-electron chi connectivity index (χ3n) is 3.83. The highest BCUT2D eigenvalue weighted by molar-refractivity contribution is 7.80. The topological polar surface area (TPSA) is 3.24 Å². The lowest BCUT2D eigenvalue weighted by atomic mass is 10.1. The Labute approximate surface area is 131 Å². The van der Waals surface area contributed by atoms with Crippen molar-refractivity contribution in [1.82, 2.24) is 4.90 Å². The number of unbranched alkanes of at least 4 members (excludes halogenated alkanes) is 6. The van der Waals surface area contributed by atoms with E-state index in [0.717, 1.165) is 18.8 Å². The monoisotopic (exact) mass is 293 g/mol. The first-order chi connectivity index (χ1) is 9.86. The molecule has 0 aliphatic rings. The molecular weight excluding hydrogens is 262 g/mol. The zero-order valence-corrected chi connectivity index (χ0v) is 14.0. The van der Waals surface area contributed by atoms with E-state index < -0.39 is 0 Å². The highest BCUT2D eigenvalue weighted by atomic mass is 32.1. The van der Waals surface area contributed by atoms with Crippen LogP contribution in [0.4, 0.5) is 0 Å². The van der Waals surface area contributed by atoms with Crippen LogP contribution in [0, 0.1) is 0 Å². The van der Waals surface area contributed by atoms with Gasteiger partial charge in [-0.25, -0.2) is 0 Å². The first kappa shape index (κ1) is 17.6. The van der Waals surface area contributed by atoms with E-state index in [1.165, 1.54) is 57.1 Å². The quantitative estimate of drug-likeness (QED) is 0.411. The Bertz CT molecular complexity index is 312. The molecule has 114 valence electrons. The van der Waals surface area contributed by atoms with E-state index in [1.807, 2.05) is 0 Å². The zero-order valence-electron chi connectivity index (χ0n) is 13.1. The summed E-state index contributed by atoms with van der Waals surface area (Å²) in [6.07, 6.45) is 9.55. The number of thiol groups is 1. The number of nitrogens with zero attached hydrogens (tertiary/aromatic N) is 1. The molecule has 0 aromatic heterocycles. The molecule has 0 saturated heterocycles. The molecule has 0 bridgehead atoms. The first-order valence-corrected chi connectivity index (χ1v) is 8.87. The van der Waals surface area contributed by atoms with Crippen molar-refractivity contribution in [2.75, 3.05) is 18.8 Å². The Hall–Kier alpha value is -0.470. The Kier molecular flexibility index (Phi) is 10.8. The van der Waals surface area contributed by atoms with E-state index in [1.54, 1.807) is 0 Å². The van der Waals surface area contributed by atoms with Crippen LogP contribution in [0.2, 0.25) is 0 Å². The van der Waals surface area contributed by atoms with Crippen LogP contribution in [0.15, 0.2) is 30.3 Å². The molecule has 0 radical (unpaired) electrons. The van der Waals surface area contributed by atoms with E-state index in [0.29, 0.717) is 0 Å². The van der Waals surface area contributed by atoms with Gasteiger partial charge in [-0.3, -0.25) is 4.90 Å². The van der Waals surface area contributed by atoms with Crippen LogP contribution in [0.5, 0.6) is 0 Å². The molecule has 1 rings (SSSR count). The second kappa shape index (κ2) is 12.3. The van der Waals surface area contributed by atoms with E-state index in [-0.39, 0.29) is 0 Å². The molecule has 20 heavy (non-hydrogen) atoms. The van der Waals surface area contributed by atoms with Crippen LogP contribution in [-0.4, -0.2) is 23.7 Å². The molecule has 0 heterocycles. The summed E-state index contributed by atoms with van der Waals surface area (Å²) in [4.78, 5) is 2.55. The molecule has 0 aliphatic heterocycles. The van der Waals surface area contributed by atoms with Gasteiger partial charge < -0.3 is 0 Å². The molecule has 0 saturated carbocycles. The number of hydrogen-bond acceptors (Lipinski definition) is 2. The van der Waals surface area contributed by atoms with Gasteiger partial charge in [0.1, 0.15) is 0 Å². The van der Waals surface area contributed by atoms with Crippen LogP contribution >= 0.6 is 12.6 Å². The molecule has 1 aromatic rings. The maximum absolute atomic E-state index is 4.25. The van der Waals surface area contributed by atoms with Crippen molar-refractivity contribution in [3.05, 3.63) is 35.9 Å². The number of hydrogen-bond donors (Lipinski definition) is 1. The summed E-state index contributed by atoms with van der Waals surface area (Å²) in [5.74, 6) is 1.05. The Morgan fingerprint density at radius 2 is 1.45 bits per heavy atom. The molecule has 0 atom stereocenters. The molecule has 1 aromatic carbocycles. The molecule has 0 unspecified atom stereocenters. The van der Waals surface area contributed by atoms with Crippen molar-refractivity contribution >= 4 is 12.6 Å². The van der Waals surface area contributed by atoms with Gasteiger partial charge in [0.05, 0.1) is 0 Å². The van der Waals surface area contributed by atoms with E-state index in [9.17, 15) is 0 Å². The SMILES string of the molecule is CCN(CCCCCCCCCS)Cc1ccccc1. The summed E-state index contributed by atoms with van der Waals surface area (Å²) in [6.45, 7) is 5.75. The van der Waals surface area contributed by atoms with E-state index >= 15 is 0 Å². The van der Waals surface area contributed by atoms with Crippen molar-refractivity contribution < 1.29 is 0 Å². The lowest BCUT2D eigenvalue weighted by Crippen LogP contribution is -2.23. The van der Waals surface area contributed by atoms with Gasteiger partial charge in [0.15, 0.2) is 0 Å². The molecule has 1 nitrogen and oxygen atoms in total. The fraction of sp³-hybridized carbons (Fsp3) is 0.667. The molecular formula is C18H31NS. The minimum Gasteiger partial charge on any atom is -0.299 e. The highest BCUT2D eigenvalue weighted by Crippen LogP contribution is 2.10. The lowest BCUT2D eigenvalue weighted by Gasteiger charge is -2.20. The zero-order chi connectivity index (χ0) is 14.5. The van der Waals surface area contributed by atoms with Crippen molar-refractivity contribution in [2.24, 2.45) is 0 Å². The second-order valence-corrected chi connectivity index (χ2v) is 6.00. The summed E-state index contributed by atoms with van der Waals surface area (Å²) in [5.41, 5.74) is 1.43. The van der Waals surface area contributed by atoms with Gasteiger partial charge in [-0.15, -0.1) is 0 Å². The summed E-state index contributed by atoms with van der Waals surface area (Å²) in [6, 6.07) is 10.8. The predicted molar refractivity (Wildman–Crippen MR) is 93.6 cm³/mol. The predicted octanol–water partition coefficient (Wildman–Crippen LogP) is 5.17. The third kappa shape index (κ3) is 8.65. The van der Waals surface area contributed by atoms with E-state index in [4.69, 9.17) is 0 Å². The maximum Gasteiger partial charge on any atom is 0.0233 e. The average Bonchev–Trinajstić information content (AvgIpc) is 2.49. The molecule has 0 amide bonds. The van der Waals surface area contributed by atoms with Crippen molar-refractivity contribution in [3.63, 3.8) is 0 Å². The Balaban J connectivity index is 2.04. The Morgan fingerprint density at radius 1 is 0.850 bits per heavy atom. The smallest absolute Gasteiger partial charge is 0.0233 e. The van der Waals surface area contributed by atoms with Gasteiger partial charge >= 0.3 is 0 Å². The minimum atomic E-state index is 1.05. The summed E-state index contributed by atoms with van der Waals surface area (Å²) in [5, 5.41) is 0. The van der Waals surface area contributed by atoms with Gasteiger partial charge in [0.2, 0.25) is 0 Å². The van der Waals surface area contributed by atoms with Gasteiger partial charge in [-0.05, 0) is 37.2 Å². The van der Waals surface area contributed by atoms with Crippen LogP contribution < -0.4 is 0 Å². The Morgan fingerprint density at radius 3 is 2.05 bits per heavy atom. The normalized spacial score (nSPS) is 11.2. The van der Waals surface area contributed by atoms with E-state index in [2.05, 4.69) is 54.8 Å². The molecule has 0 fully saturated rings. The highest BCUT2D eigenvalue weighted by Gasteiger charge is 2.02. The van der Waals surface area contributed by atoms with Crippen LogP contribution in [0.25, 0.3) is 0 Å². The molecule has 0 aliphatic carbocycles. The summed E-state index contributed by atoms with van der Waals surface area (Å²) in [7, 11) is 0. The minimum absolute atomic E-state index is 1.05. The summed E-state index contributed by atoms with van der Waals surface area (Å²) < 4.78 is 0. The number of rotatable bonds is 12. The van der Waals surface area contributed by atoms with Crippen molar-refractivity contribution in [1.29, 1.82) is 0 Å². The van der Waals surface area contributed by atoms with Crippen molar-refractivity contribution in [3.8, 4) is 0 Å². The van der Waals surface area contributed by atoms with Gasteiger partial charge in [0, 0.05) is 6.54 Å². The standard InChI is InChI=1S/C18H31NS/c1-2-19(17-18-13-9-8-10-14-18)15-11-6-4-3-5-7-12-16-20/h8-10,13-14,20H,2-7,11-12,15-17H2,1H3. The van der Waals surface area contributed by atoms with Crippen LogP contribution in [0.1, 0.15) is 57.4 Å². The van der Waals surface area contributed by atoms with Crippen LogP contribution in [-0.2, 0) is 6.54 Å². The molecule has 0 spiro atoms. The molecule has 0 N–H and O–H groups in total. The second-order valence-electron chi connectivity index (χ2n) is 5.55. The maximum atomic E-state index is 4.25. The van der Waals surface area contributed by atoms with Crippen molar-refractivity contribution in [2.45, 2.75) is 58.4 Å². The third-order valence-corrected chi connectivity index (χ3v) is 4.14.